The lowest BCUT2D eigenvalue weighted by molar-refractivity contribution is 0.318. The average molecular weight is 341 g/mol. The zero-order chi connectivity index (χ0) is 16.3. The molecule has 2 aromatic rings. The van der Waals surface area contributed by atoms with Gasteiger partial charge in [0.1, 0.15) is 5.69 Å². The summed E-state index contributed by atoms with van der Waals surface area (Å²) in [6.07, 6.45) is 1.39. The molecular weight excluding hydrogens is 328 g/mol. The van der Waals surface area contributed by atoms with Crippen LogP contribution in [0.5, 0.6) is 11.5 Å². The summed E-state index contributed by atoms with van der Waals surface area (Å²) in [4.78, 5) is 11.9. The Labute approximate surface area is 135 Å². The number of phenols is 1. The standard InChI is InChI=1S/C13H13ClN4O3S/c1-3-21-10-5-8(4-9(14)11(10)19)6-15-18-12(20)7(2)16-17-13(18)22/h4-6,19H,3H2,1-2H3,(H,17,22)/b15-6+. The molecule has 1 aromatic carbocycles. The quantitative estimate of drug-likeness (QED) is 0.657. The predicted octanol–water partition coefficient (Wildman–Crippen LogP) is 2.25. The van der Waals surface area contributed by atoms with Gasteiger partial charge >= 0.3 is 0 Å². The zero-order valence-electron chi connectivity index (χ0n) is 11.8. The largest absolute Gasteiger partial charge is 0.503 e. The van der Waals surface area contributed by atoms with Crippen molar-refractivity contribution in [1.82, 2.24) is 14.9 Å². The molecule has 2 N–H and O–H groups in total. The van der Waals surface area contributed by atoms with E-state index in [1.165, 1.54) is 12.3 Å². The van der Waals surface area contributed by atoms with E-state index in [2.05, 4.69) is 15.3 Å². The third-order valence-electron chi connectivity index (χ3n) is 2.69. The van der Waals surface area contributed by atoms with Gasteiger partial charge in [-0.25, -0.2) is 0 Å². The van der Waals surface area contributed by atoms with Crippen molar-refractivity contribution in [2.75, 3.05) is 6.61 Å². The number of H-pyrrole nitrogens is 1. The van der Waals surface area contributed by atoms with Crippen LogP contribution in [0.4, 0.5) is 0 Å². The number of aromatic amines is 1. The van der Waals surface area contributed by atoms with Crippen LogP contribution >= 0.6 is 23.8 Å². The second kappa shape index (κ2) is 6.71. The number of nitrogens with zero attached hydrogens (tertiary/aromatic N) is 3. The molecular formula is C13H13ClN4O3S. The molecule has 0 fully saturated rings. The normalized spacial score (nSPS) is 11.0. The van der Waals surface area contributed by atoms with Crippen LogP contribution in [-0.2, 0) is 0 Å². The van der Waals surface area contributed by atoms with E-state index in [9.17, 15) is 9.90 Å². The van der Waals surface area contributed by atoms with E-state index in [4.69, 9.17) is 28.6 Å². The minimum absolute atomic E-state index is 0.0711. The Morgan fingerprint density at radius 1 is 1.59 bits per heavy atom. The summed E-state index contributed by atoms with van der Waals surface area (Å²) >= 11 is 10.9. The van der Waals surface area contributed by atoms with E-state index in [0.717, 1.165) is 4.68 Å². The summed E-state index contributed by atoms with van der Waals surface area (Å²) in [7, 11) is 0. The number of phenolic OH excluding ortho intramolecular Hbond substituents is 1. The van der Waals surface area contributed by atoms with Crippen LogP contribution in [0.15, 0.2) is 22.0 Å². The van der Waals surface area contributed by atoms with Crippen LogP contribution in [0.1, 0.15) is 18.2 Å². The number of rotatable bonds is 4. The van der Waals surface area contributed by atoms with Gasteiger partial charge in [-0.1, -0.05) is 11.6 Å². The number of aromatic nitrogens is 3. The van der Waals surface area contributed by atoms with Gasteiger partial charge in [0.15, 0.2) is 11.5 Å². The predicted molar refractivity (Wildman–Crippen MR) is 85.7 cm³/mol. The van der Waals surface area contributed by atoms with E-state index in [1.807, 2.05) is 0 Å². The molecule has 0 aliphatic carbocycles. The number of hydrogen-bond acceptors (Lipinski definition) is 6. The molecule has 0 aliphatic heterocycles. The number of halogens is 1. The molecule has 116 valence electrons. The number of nitrogens with one attached hydrogen (secondary N) is 1. The average Bonchev–Trinajstić information content (AvgIpc) is 2.48. The molecule has 22 heavy (non-hydrogen) atoms. The lowest BCUT2D eigenvalue weighted by Crippen LogP contribution is -2.22. The van der Waals surface area contributed by atoms with E-state index in [-0.39, 0.29) is 27.0 Å². The van der Waals surface area contributed by atoms with Crippen LogP contribution in [0.3, 0.4) is 0 Å². The molecule has 0 aliphatic rings. The Bertz CT molecular complexity index is 844. The van der Waals surface area contributed by atoms with Crippen molar-refractivity contribution < 1.29 is 9.84 Å². The van der Waals surface area contributed by atoms with Crippen molar-refractivity contribution in [2.24, 2.45) is 5.10 Å². The molecule has 0 unspecified atom stereocenters. The Balaban J connectivity index is 2.45. The fraction of sp³-hybridized carbons (Fsp3) is 0.231. The van der Waals surface area contributed by atoms with Gasteiger partial charge in [0.25, 0.3) is 5.56 Å². The van der Waals surface area contributed by atoms with E-state index in [0.29, 0.717) is 12.2 Å². The summed E-state index contributed by atoms with van der Waals surface area (Å²) in [6.45, 7) is 3.70. The van der Waals surface area contributed by atoms with Gasteiger partial charge in [-0.15, -0.1) is 0 Å². The number of benzene rings is 1. The monoisotopic (exact) mass is 340 g/mol. The van der Waals surface area contributed by atoms with Crippen LogP contribution < -0.4 is 10.3 Å². The minimum atomic E-state index is -0.421. The maximum absolute atomic E-state index is 11.9. The smallest absolute Gasteiger partial charge is 0.296 e. The molecule has 0 spiro atoms. The first-order valence-electron chi connectivity index (χ1n) is 6.32. The lowest BCUT2D eigenvalue weighted by Gasteiger charge is -2.08. The molecule has 0 saturated heterocycles. The Morgan fingerprint density at radius 3 is 3.00 bits per heavy atom. The Kier molecular flexibility index (Phi) is 4.94. The highest BCUT2D eigenvalue weighted by molar-refractivity contribution is 7.71. The van der Waals surface area contributed by atoms with Gasteiger partial charge in [-0.05, 0) is 43.8 Å². The maximum atomic E-state index is 11.9. The third kappa shape index (κ3) is 3.34. The van der Waals surface area contributed by atoms with Gasteiger partial charge in [0.05, 0.1) is 17.8 Å². The van der Waals surface area contributed by atoms with Crippen molar-refractivity contribution in [2.45, 2.75) is 13.8 Å². The summed E-state index contributed by atoms with van der Waals surface area (Å²) in [5, 5.41) is 20.2. The molecule has 1 aromatic heterocycles. The third-order valence-corrected chi connectivity index (χ3v) is 3.24. The Morgan fingerprint density at radius 2 is 2.32 bits per heavy atom. The van der Waals surface area contributed by atoms with E-state index >= 15 is 0 Å². The first-order valence-corrected chi connectivity index (χ1v) is 7.10. The number of ether oxygens (including phenoxy) is 1. The SMILES string of the molecule is CCOc1cc(/C=N/n2c(=S)[nH]nc(C)c2=O)cc(Cl)c1O. The zero-order valence-corrected chi connectivity index (χ0v) is 13.4. The summed E-state index contributed by atoms with van der Waals surface area (Å²) < 4.78 is 6.36. The molecule has 2 rings (SSSR count). The Hall–Kier alpha value is -2.19. The topological polar surface area (TPSA) is 92.5 Å². The van der Waals surface area contributed by atoms with Gasteiger partial charge < -0.3 is 9.84 Å². The molecule has 0 amide bonds. The first kappa shape index (κ1) is 16.2. The van der Waals surface area contributed by atoms with Crippen molar-refractivity contribution in [3.63, 3.8) is 0 Å². The highest BCUT2D eigenvalue weighted by atomic mass is 35.5. The van der Waals surface area contributed by atoms with Crippen molar-refractivity contribution >= 4 is 30.0 Å². The second-order valence-electron chi connectivity index (χ2n) is 4.26. The van der Waals surface area contributed by atoms with Crippen LogP contribution in [0.25, 0.3) is 0 Å². The lowest BCUT2D eigenvalue weighted by atomic mass is 10.2. The molecule has 1 heterocycles. The summed E-state index contributed by atoms with van der Waals surface area (Å²) in [5.41, 5.74) is 0.362. The van der Waals surface area contributed by atoms with Crippen LogP contribution in [0, 0.1) is 11.7 Å². The molecule has 0 saturated carbocycles. The minimum Gasteiger partial charge on any atom is -0.503 e. The molecule has 0 radical (unpaired) electrons. The fourth-order valence-corrected chi connectivity index (χ4v) is 2.03. The van der Waals surface area contributed by atoms with Crippen molar-refractivity contribution in [3.05, 3.63) is 43.5 Å². The van der Waals surface area contributed by atoms with Gasteiger partial charge in [-0.2, -0.15) is 14.9 Å². The maximum Gasteiger partial charge on any atom is 0.296 e. The molecule has 7 nitrogen and oxygen atoms in total. The number of aromatic hydroxyl groups is 1. The van der Waals surface area contributed by atoms with E-state index in [1.54, 1.807) is 19.9 Å². The molecule has 0 atom stereocenters. The van der Waals surface area contributed by atoms with Gasteiger partial charge in [0.2, 0.25) is 4.77 Å². The fourth-order valence-electron chi connectivity index (χ4n) is 1.64. The van der Waals surface area contributed by atoms with Gasteiger partial charge in [0, 0.05) is 0 Å². The highest BCUT2D eigenvalue weighted by Crippen LogP contribution is 2.34. The number of hydrogen-bond donors (Lipinski definition) is 2. The van der Waals surface area contributed by atoms with Crippen LogP contribution in [0.2, 0.25) is 5.02 Å². The molecule has 0 bridgehead atoms. The van der Waals surface area contributed by atoms with Crippen LogP contribution in [-0.4, -0.2) is 32.8 Å². The molecule has 9 heteroatoms. The highest BCUT2D eigenvalue weighted by Gasteiger charge is 2.09. The van der Waals surface area contributed by atoms with E-state index < -0.39 is 5.56 Å². The van der Waals surface area contributed by atoms with Crippen molar-refractivity contribution in [1.29, 1.82) is 0 Å². The van der Waals surface area contributed by atoms with Crippen molar-refractivity contribution in [3.8, 4) is 11.5 Å². The summed E-state index contributed by atoms with van der Waals surface area (Å²) in [5.74, 6) is 0.0924. The number of aryl methyl sites for hydroxylation is 1. The van der Waals surface area contributed by atoms with Gasteiger partial charge in [-0.3, -0.25) is 9.89 Å². The second-order valence-corrected chi connectivity index (χ2v) is 5.05. The summed E-state index contributed by atoms with van der Waals surface area (Å²) in [6, 6.07) is 3.05. The first-order chi connectivity index (χ1) is 10.4.